The van der Waals surface area contributed by atoms with Gasteiger partial charge in [-0.2, -0.15) is 0 Å². The summed E-state index contributed by atoms with van der Waals surface area (Å²) in [5, 5.41) is -1.11. The second-order valence-electron chi connectivity index (χ2n) is 7.39. The minimum absolute atomic E-state index is 0.0145. The predicted molar refractivity (Wildman–Crippen MR) is 103 cm³/mol. The van der Waals surface area contributed by atoms with Gasteiger partial charge in [-0.05, 0) is 57.6 Å². The summed E-state index contributed by atoms with van der Waals surface area (Å²) in [7, 11) is -3.89. The molecule has 1 aromatic heterocycles. The molecular formula is C20H25N3O3S. The summed E-state index contributed by atoms with van der Waals surface area (Å²) in [5.74, 6) is -0.312. The lowest BCUT2D eigenvalue weighted by atomic mass is 10.0. The smallest absolute Gasteiger partial charge is 0.241 e. The first-order chi connectivity index (χ1) is 13.0. The zero-order valence-electron chi connectivity index (χ0n) is 15.6. The van der Waals surface area contributed by atoms with Crippen LogP contribution in [0, 0.1) is 0 Å². The number of hydrogen-bond acceptors (Lipinski definition) is 4. The van der Waals surface area contributed by atoms with Crippen LogP contribution < -0.4 is 0 Å². The van der Waals surface area contributed by atoms with E-state index in [2.05, 4.69) is 4.98 Å². The molecule has 0 saturated carbocycles. The molecule has 4 rings (SSSR count). The number of para-hydroxylation sites is 1. The topological polar surface area (TPSA) is 72.3 Å². The quantitative estimate of drug-likeness (QED) is 0.808. The number of benzene rings is 1. The maximum absolute atomic E-state index is 13.4. The number of fused-ring (bicyclic) bond motifs is 1. The van der Waals surface area contributed by atoms with Crippen molar-refractivity contribution in [2.75, 3.05) is 13.1 Å². The number of amides is 1. The highest BCUT2D eigenvalue weighted by Gasteiger charge is 2.38. The van der Waals surface area contributed by atoms with Crippen LogP contribution in [0.1, 0.15) is 44.0 Å². The maximum atomic E-state index is 13.4. The Morgan fingerprint density at radius 3 is 2.41 bits per heavy atom. The minimum atomic E-state index is -3.89. The Balaban J connectivity index is 1.80. The Kier molecular flexibility index (Phi) is 4.80. The molecular weight excluding hydrogens is 362 g/mol. The van der Waals surface area contributed by atoms with Gasteiger partial charge in [-0.3, -0.25) is 9.36 Å². The van der Waals surface area contributed by atoms with Crippen molar-refractivity contribution in [1.29, 1.82) is 0 Å². The van der Waals surface area contributed by atoms with E-state index in [9.17, 15) is 13.2 Å². The van der Waals surface area contributed by atoms with Crippen molar-refractivity contribution >= 4 is 15.7 Å². The third-order valence-corrected chi connectivity index (χ3v) is 7.52. The van der Waals surface area contributed by atoms with Crippen molar-refractivity contribution < 1.29 is 13.2 Å². The van der Waals surface area contributed by atoms with Crippen LogP contribution in [-0.4, -0.2) is 47.1 Å². The number of nitrogens with zero attached hydrogens (tertiary/aromatic N) is 3. The van der Waals surface area contributed by atoms with Crippen molar-refractivity contribution in [3.63, 3.8) is 0 Å². The molecule has 7 heteroatoms. The average molecular weight is 388 g/mol. The van der Waals surface area contributed by atoms with Crippen molar-refractivity contribution in [3.05, 3.63) is 41.7 Å². The van der Waals surface area contributed by atoms with Crippen LogP contribution >= 0.6 is 0 Å². The molecule has 1 fully saturated rings. The van der Waals surface area contributed by atoms with Crippen LogP contribution in [0.15, 0.2) is 35.5 Å². The first kappa shape index (κ1) is 18.2. The molecule has 1 aromatic carbocycles. The first-order valence-electron chi connectivity index (χ1n) is 9.69. The summed E-state index contributed by atoms with van der Waals surface area (Å²) in [6.45, 7) is 2.78. The van der Waals surface area contributed by atoms with E-state index in [-0.39, 0.29) is 11.1 Å². The summed E-state index contributed by atoms with van der Waals surface area (Å²) in [6.07, 6.45) is 5.50. The fraction of sp³-hybridized carbons (Fsp3) is 0.500. The second-order valence-corrected chi connectivity index (χ2v) is 9.55. The van der Waals surface area contributed by atoms with E-state index >= 15 is 0 Å². The van der Waals surface area contributed by atoms with Gasteiger partial charge in [-0.15, -0.1) is 0 Å². The number of aryl methyl sites for hydroxylation is 1. The van der Waals surface area contributed by atoms with Gasteiger partial charge < -0.3 is 4.90 Å². The molecule has 2 heterocycles. The molecule has 0 bridgehead atoms. The van der Waals surface area contributed by atoms with Gasteiger partial charge in [-0.1, -0.05) is 18.2 Å². The SMILES string of the molecule is C[C@H](C(=O)N1CCCC1)S(=O)(=O)c1nc2c(n1-c1ccccc1)CCCC2. The van der Waals surface area contributed by atoms with E-state index in [0.29, 0.717) is 13.1 Å². The zero-order chi connectivity index (χ0) is 19.0. The molecule has 6 nitrogen and oxygen atoms in total. The highest BCUT2D eigenvalue weighted by atomic mass is 32.2. The molecule has 0 radical (unpaired) electrons. The number of sulfone groups is 1. The van der Waals surface area contributed by atoms with Crippen LogP contribution in [0.25, 0.3) is 5.69 Å². The standard InChI is InChI=1S/C20H25N3O3S/c1-15(19(24)22-13-7-8-14-22)27(25,26)20-21-17-11-5-6-12-18(17)23(20)16-9-3-2-4-10-16/h2-4,9-10,15H,5-8,11-14H2,1H3/t15-/m1/s1. The van der Waals surface area contributed by atoms with Crippen molar-refractivity contribution in [2.45, 2.75) is 55.9 Å². The summed E-state index contributed by atoms with van der Waals surface area (Å²) in [6, 6.07) is 9.46. The lowest BCUT2D eigenvalue weighted by molar-refractivity contribution is -0.129. The van der Waals surface area contributed by atoms with E-state index < -0.39 is 15.1 Å². The Morgan fingerprint density at radius 2 is 1.70 bits per heavy atom. The van der Waals surface area contributed by atoms with Crippen LogP contribution in [0.2, 0.25) is 0 Å². The number of hydrogen-bond donors (Lipinski definition) is 0. The molecule has 144 valence electrons. The zero-order valence-corrected chi connectivity index (χ0v) is 16.4. The molecule has 2 aliphatic rings. The van der Waals surface area contributed by atoms with Crippen LogP contribution in [0.4, 0.5) is 0 Å². The predicted octanol–water partition coefficient (Wildman–Crippen LogP) is 2.54. The number of carbonyl (C=O) groups excluding carboxylic acids is 1. The normalized spacial score (nSPS) is 18.3. The molecule has 1 atom stereocenters. The van der Waals surface area contributed by atoms with Gasteiger partial charge in [0.05, 0.1) is 5.69 Å². The lowest BCUT2D eigenvalue weighted by Gasteiger charge is -2.21. The van der Waals surface area contributed by atoms with Crippen LogP contribution in [0.5, 0.6) is 0 Å². The van der Waals surface area contributed by atoms with E-state index in [1.807, 2.05) is 30.3 Å². The van der Waals surface area contributed by atoms with Crippen molar-refractivity contribution in [3.8, 4) is 5.69 Å². The average Bonchev–Trinajstić information content (AvgIpc) is 3.35. The third kappa shape index (κ3) is 3.18. The van der Waals surface area contributed by atoms with Gasteiger partial charge in [0.1, 0.15) is 5.25 Å². The fourth-order valence-corrected chi connectivity index (χ4v) is 5.47. The number of rotatable bonds is 4. The summed E-state index contributed by atoms with van der Waals surface area (Å²) < 4.78 is 28.6. The van der Waals surface area contributed by atoms with Crippen molar-refractivity contribution in [1.82, 2.24) is 14.5 Å². The molecule has 27 heavy (non-hydrogen) atoms. The van der Waals surface area contributed by atoms with E-state index in [0.717, 1.165) is 55.6 Å². The van der Waals surface area contributed by atoms with Gasteiger partial charge in [0, 0.05) is 24.5 Å². The lowest BCUT2D eigenvalue weighted by Crippen LogP contribution is -2.40. The summed E-state index contributed by atoms with van der Waals surface area (Å²) in [4.78, 5) is 19.0. The molecule has 1 aliphatic heterocycles. The van der Waals surface area contributed by atoms with E-state index in [4.69, 9.17) is 0 Å². The molecule has 2 aromatic rings. The largest absolute Gasteiger partial charge is 0.342 e. The van der Waals surface area contributed by atoms with E-state index in [1.165, 1.54) is 6.92 Å². The number of carbonyl (C=O) groups is 1. The molecule has 1 saturated heterocycles. The summed E-state index contributed by atoms with van der Waals surface area (Å²) >= 11 is 0. The highest BCUT2D eigenvalue weighted by Crippen LogP contribution is 2.30. The monoisotopic (exact) mass is 387 g/mol. The maximum Gasteiger partial charge on any atom is 0.241 e. The van der Waals surface area contributed by atoms with Gasteiger partial charge >= 0.3 is 0 Å². The number of imidazole rings is 1. The van der Waals surface area contributed by atoms with Gasteiger partial charge in [-0.25, -0.2) is 13.4 Å². The highest BCUT2D eigenvalue weighted by molar-refractivity contribution is 7.92. The summed E-state index contributed by atoms with van der Waals surface area (Å²) in [5.41, 5.74) is 2.60. The molecule has 1 amide bonds. The van der Waals surface area contributed by atoms with Gasteiger partial charge in [0.2, 0.25) is 20.9 Å². The molecule has 1 aliphatic carbocycles. The third-order valence-electron chi connectivity index (χ3n) is 5.60. The van der Waals surface area contributed by atoms with E-state index in [1.54, 1.807) is 9.47 Å². The van der Waals surface area contributed by atoms with Crippen LogP contribution in [0.3, 0.4) is 0 Å². The van der Waals surface area contributed by atoms with Gasteiger partial charge in [0.25, 0.3) is 0 Å². The van der Waals surface area contributed by atoms with Crippen LogP contribution in [-0.2, 0) is 27.5 Å². The molecule has 0 N–H and O–H groups in total. The number of likely N-dealkylation sites (tertiary alicyclic amines) is 1. The van der Waals surface area contributed by atoms with Gasteiger partial charge in [0.15, 0.2) is 0 Å². The Hall–Kier alpha value is -2.15. The Labute approximate surface area is 160 Å². The minimum Gasteiger partial charge on any atom is -0.342 e. The Morgan fingerprint density at radius 1 is 1.04 bits per heavy atom. The molecule has 0 spiro atoms. The molecule has 0 unspecified atom stereocenters. The first-order valence-corrected chi connectivity index (χ1v) is 11.2. The van der Waals surface area contributed by atoms with Crippen molar-refractivity contribution in [2.24, 2.45) is 0 Å². The number of aromatic nitrogens is 2. The fourth-order valence-electron chi connectivity index (χ4n) is 4.04. The second kappa shape index (κ2) is 7.11. The Bertz CT molecular complexity index is 944.